The largest absolute Gasteiger partial charge is 0.0683 e. The van der Waals surface area contributed by atoms with Gasteiger partial charge in [0.15, 0.2) is 0 Å². The number of hydrogen-bond donors (Lipinski definition) is 0. The predicted octanol–water partition coefficient (Wildman–Crippen LogP) is 11.7. The lowest BCUT2D eigenvalue weighted by atomic mass is 10.1. The molecule has 176 valence electrons. The van der Waals surface area contributed by atoms with Crippen molar-refractivity contribution in [3.05, 3.63) is 84.9 Å². The summed E-state index contributed by atoms with van der Waals surface area (Å²) in [6.45, 7) is 28.0. The van der Waals surface area contributed by atoms with Crippen molar-refractivity contribution in [3.8, 4) is 0 Å². The van der Waals surface area contributed by atoms with Gasteiger partial charge < -0.3 is 0 Å². The van der Waals surface area contributed by atoms with E-state index in [4.69, 9.17) is 0 Å². The summed E-state index contributed by atoms with van der Waals surface area (Å²) in [6.07, 6.45) is 0. The third-order valence-electron chi connectivity index (χ3n) is 2.33. The Morgan fingerprint density at radius 2 is 0.367 bits per heavy atom. The van der Waals surface area contributed by atoms with Crippen LogP contribution in [0.3, 0.4) is 0 Å². The maximum Gasteiger partial charge on any atom is -0.0184 e. The van der Waals surface area contributed by atoms with E-state index in [1.807, 2.05) is 133 Å². The molecule has 0 nitrogen and oxygen atoms in total. The maximum atomic E-state index is 2.12. The van der Waals surface area contributed by atoms with E-state index in [1.54, 1.807) is 0 Å². The standard InChI is InChI=1S/C10H8.C6H6.7C2H6/c1-2-6-10-8-4-3-7-9(10)5-1;1-2-4-6-5-3-1;7*1-2/h1-8H;1-6H;7*1-2H3. The van der Waals surface area contributed by atoms with Gasteiger partial charge in [-0.1, -0.05) is 182 Å². The van der Waals surface area contributed by atoms with Gasteiger partial charge in [0.1, 0.15) is 0 Å². The molecule has 0 heterocycles. The summed E-state index contributed by atoms with van der Waals surface area (Å²) < 4.78 is 0. The first-order valence-corrected chi connectivity index (χ1v) is 12.4. The van der Waals surface area contributed by atoms with Crippen molar-refractivity contribution in [3.63, 3.8) is 0 Å². The van der Waals surface area contributed by atoms with Gasteiger partial charge in [0.2, 0.25) is 0 Å². The molecule has 0 bridgehead atoms. The first-order valence-electron chi connectivity index (χ1n) is 12.4. The van der Waals surface area contributed by atoms with Crippen molar-refractivity contribution in [1.82, 2.24) is 0 Å². The Balaban J connectivity index is -0.0000000630. The first-order chi connectivity index (χ1) is 15.0. The number of rotatable bonds is 0. The molecule has 3 aromatic rings. The molecule has 0 atom stereocenters. The molecule has 0 aliphatic carbocycles. The SMILES string of the molecule is CC.CC.CC.CC.CC.CC.CC.c1ccc2ccccc2c1.c1ccccc1. The van der Waals surface area contributed by atoms with Crippen LogP contribution >= 0.6 is 0 Å². The van der Waals surface area contributed by atoms with E-state index in [1.165, 1.54) is 10.8 Å². The lowest BCUT2D eigenvalue weighted by Crippen LogP contribution is -1.67. The molecule has 0 amide bonds. The fourth-order valence-corrected chi connectivity index (χ4v) is 1.52. The summed E-state index contributed by atoms with van der Waals surface area (Å²) in [7, 11) is 0. The molecular formula is C30H56. The van der Waals surface area contributed by atoms with Crippen molar-refractivity contribution in [1.29, 1.82) is 0 Å². The van der Waals surface area contributed by atoms with Gasteiger partial charge in [-0.25, -0.2) is 0 Å². The van der Waals surface area contributed by atoms with Crippen LogP contribution < -0.4 is 0 Å². The zero-order chi connectivity index (χ0) is 25.1. The van der Waals surface area contributed by atoms with Crippen LogP contribution in [0.1, 0.15) is 96.9 Å². The molecule has 0 unspecified atom stereocenters. The van der Waals surface area contributed by atoms with Gasteiger partial charge in [-0.05, 0) is 10.8 Å². The van der Waals surface area contributed by atoms with E-state index in [-0.39, 0.29) is 0 Å². The predicted molar refractivity (Wildman–Crippen MR) is 150 cm³/mol. The van der Waals surface area contributed by atoms with Crippen LogP contribution in [0.15, 0.2) is 84.9 Å². The molecule has 3 aromatic carbocycles. The number of benzene rings is 3. The molecule has 0 aliphatic rings. The Hall–Kier alpha value is -2.08. The second kappa shape index (κ2) is 56.3. The summed E-state index contributed by atoms with van der Waals surface area (Å²) in [6, 6.07) is 28.7. The molecule has 30 heavy (non-hydrogen) atoms. The van der Waals surface area contributed by atoms with Gasteiger partial charge in [0, 0.05) is 0 Å². The Morgan fingerprint density at radius 3 is 0.500 bits per heavy atom. The lowest BCUT2D eigenvalue weighted by Gasteiger charge is -1.92. The van der Waals surface area contributed by atoms with E-state index < -0.39 is 0 Å². The number of hydrogen-bond acceptors (Lipinski definition) is 0. The Bertz CT molecular complexity index is 434. The molecule has 0 saturated carbocycles. The zero-order valence-electron chi connectivity index (χ0n) is 23.1. The van der Waals surface area contributed by atoms with E-state index in [0.29, 0.717) is 0 Å². The average molecular weight is 417 g/mol. The summed E-state index contributed by atoms with van der Waals surface area (Å²) in [5, 5.41) is 2.62. The van der Waals surface area contributed by atoms with Crippen LogP contribution in [0, 0.1) is 0 Å². The number of fused-ring (bicyclic) bond motifs is 1. The Morgan fingerprint density at radius 1 is 0.233 bits per heavy atom. The highest BCUT2D eigenvalue weighted by atomic mass is 13.9. The Labute approximate surface area is 192 Å². The monoisotopic (exact) mass is 416 g/mol. The first kappa shape index (κ1) is 42.1. The smallest absolute Gasteiger partial charge is 0.0184 e. The maximum absolute atomic E-state index is 2.12. The topological polar surface area (TPSA) is 0 Å². The van der Waals surface area contributed by atoms with Crippen LogP contribution in [-0.4, -0.2) is 0 Å². The third kappa shape index (κ3) is 33.5. The van der Waals surface area contributed by atoms with E-state index in [2.05, 4.69) is 48.5 Å². The van der Waals surface area contributed by atoms with E-state index >= 15 is 0 Å². The molecule has 0 aromatic heterocycles. The minimum Gasteiger partial charge on any atom is -0.0683 e. The minimum absolute atomic E-state index is 1.31. The van der Waals surface area contributed by atoms with Gasteiger partial charge >= 0.3 is 0 Å². The summed E-state index contributed by atoms with van der Waals surface area (Å²) in [5.74, 6) is 0. The fraction of sp³-hybridized carbons (Fsp3) is 0.467. The lowest BCUT2D eigenvalue weighted by molar-refractivity contribution is 1.50. The molecule has 0 heteroatoms. The van der Waals surface area contributed by atoms with Crippen molar-refractivity contribution in [2.75, 3.05) is 0 Å². The van der Waals surface area contributed by atoms with Crippen molar-refractivity contribution in [2.24, 2.45) is 0 Å². The third-order valence-corrected chi connectivity index (χ3v) is 2.33. The van der Waals surface area contributed by atoms with Gasteiger partial charge in [-0.3, -0.25) is 0 Å². The minimum atomic E-state index is 1.31. The molecule has 0 aliphatic heterocycles. The molecule has 0 fully saturated rings. The average Bonchev–Trinajstić information content (AvgIpc) is 2.93. The fourth-order valence-electron chi connectivity index (χ4n) is 1.52. The van der Waals surface area contributed by atoms with Crippen molar-refractivity contribution < 1.29 is 0 Å². The van der Waals surface area contributed by atoms with Gasteiger partial charge in [0.05, 0.1) is 0 Å². The molecule has 0 radical (unpaired) electrons. The normalized spacial score (nSPS) is 6.33. The summed E-state index contributed by atoms with van der Waals surface area (Å²) in [5.41, 5.74) is 0. The van der Waals surface area contributed by atoms with Crippen LogP contribution in [0.4, 0.5) is 0 Å². The van der Waals surface area contributed by atoms with E-state index in [9.17, 15) is 0 Å². The Kier molecular flexibility index (Phi) is 79.1. The second-order valence-electron chi connectivity index (χ2n) is 3.50. The van der Waals surface area contributed by atoms with Crippen LogP contribution in [0.5, 0.6) is 0 Å². The van der Waals surface area contributed by atoms with Crippen LogP contribution in [0.25, 0.3) is 10.8 Å². The molecule has 3 rings (SSSR count). The molecule has 0 N–H and O–H groups in total. The highest BCUT2D eigenvalue weighted by Crippen LogP contribution is 2.11. The van der Waals surface area contributed by atoms with Crippen LogP contribution in [-0.2, 0) is 0 Å². The molecular weight excluding hydrogens is 360 g/mol. The summed E-state index contributed by atoms with van der Waals surface area (Å²) in [4.78, 5) is 0. The van der Waals surface area contributed by atoms with Gasteiger partial charge in [0.25, 0.3) is 0 Å². The molecule has 0 saturated heterocycles. The quantitative estimate of drug-likeness (QED) is 0.341. The second-order valence-corrected chi connectivity index (χ2v) is 3.50. The zero-order valence-corrected chi connectivity index (χ0v) is 23.1. The van der Waals surface area contributed by atoms with Crippen molar-refractivity contribution in [2.45, 2.75) is 96.9 Å². The highest BCUT2D eigenvalue weighted by Gasteiger charge is 1.85. The van der Waals surface area contributed by atoms with E-state index in [0.717, 1.165) is 0 Å². The van der Waals surface area contributed by atoms with Crippen molar-refractivity contribution >= 4 is 10.8 Å². The van der Waals surface area contributed by atoms with Gasteiger partial charge in [-0.2, -0.15) is 0 Å². The highest BCUT2D eigenvalue weighted by molar-refractivity contribution is 5.81. The van der Waals surface area contributed by atoms with Crippen LogP contribution in [0.2, 0.25) is 0 Å². The summed E-state index contributed by atoms with van der Waals surface area (Å²) >= 11 is 0. The van der Waals surface area contributed by atoms with Gasteiger partial charge in [-0.15, -0.1) is 0 Å². The molecule has 0 spiro atoms.